The maximum absolute atomic E-state index is 12.7. The smallest absolute Gasteiger partial charge is 0.243 e. The standard InChI is InChI=1S/C21H26ClN3O6S2/c1-32(27,28)25(15-18-2-6-19(22)7-3-18)16-21(26)23-14-17-4-8-20(9-5-17)33(29,30)24-10-12-31-13-11-24/h2-9H,10-16H2,1H3,(H,23,26). The van der Waals surface area contributed by atoms with Crippen LogP contribution in [0.2, 0.25) is 5.02 Å². The van der Waals surface area contributed by atoms with Crippen LogP contribution in [0.1, 0.15) is 11.1 Å². The Morgan fingerprint density at radius 3 is 2.15 bits per heavy atom. The molecule has 1 saturated heterocycles. The Labute approximate surface area is 199 Å². The molecule has 1 aliphatic rings. The van der Waals surface area contributed by atoms with Crippen LogP contribution in [0.25, 0.3) is 0 Å². The van der Waals surface area contributed by atoms with Crippen LogP contribution >= 0.6 is 11.6 Å². The molecule has 0 saturated carbocycles. The molecule has 1 heterocycles. The van der Waals surface area contributed by atoms with Gasteiger partial charge in [0.2, 0.25) is 26.0 Å². The van der Waals surface area contributed by atoms with Gasteiger partial charge >= 0.3 is 0 Å². The molecule has 0 aromatic heterocycles. The number of halogens is 1. The van der Waals surface area contributed by atoms with Gasteiger partial charge in [-0.1, -0.05) is 35.9 Å². The van der Waals surface area contributed by atoms with Crippen LogP contribution in [-0.2, 0) is 42.7 Å². The first-order valence-corrected chi connectivity index (χ1v) is 13.9. The number of rotatable bonds is 9. The third-order valence-corrected chi connectivity index (χ3v) is 8.44. The summed E-state index contributed by atoms with van der Waals surface area (Å²) >= 11 is 5.86. The van der Waals surface area contributed by atoms with Crippen LogP contribution in [0, 0.1) is 0 Å². The monoisotopic (exact) mass is 515 g/mol. The van der Waals surface area contributed by atoms with Crippen LogP contribution < -0.4 is 5.32 Å². The largest absolute Gasteiger partial charge is 0.379 e. The maximum atomic E-state index is 12.7. The molecule has 2 aromatic rings. The van der Waals surface area contributed by atoms with E-state index in [2.05, 4.69) is 5.32 Å². The van der Waals surface area contributed by atoms with Gasteiger partial charge in [-0.2, -0.15) is 8.61 Å². The van der Waals surface area contributed by atoms with Crippen LogP contribution in [0.5, 0.6) is 0 Å². The first kappa shape index (κ1) is 25.6. The molecule has 0 atom stereocenters. The summed E-state index contributed by atoms with van der Waals surface area (Å²) in [5, 5.41) is 3.21. The van der Waals surface area contributed by atoms with Crippen LogP contribution in [-0.4, -0.2) is 70.5 Å². The van der Waals surface area contributed by atoms with Gasteiger partial charge in [-0.3, -0.25) is 4.79 Å². The van der Waals surface area contributed by atoms with Crippen molar-refractivity contribution in [2.24, 2.45) is 0 Å². The predicted octanol–water partition coefficient (Wildman–Crippen LogP) is 1.44. The summed E-state index contributed by atoms with van der Waals surface area (Å²) in [7, 11) is -7.22. The van der Waals surface area contributed by atoms with Crippen molar-refractivity contribution in [2.75, 3.05) is 39.1 Å². The van der Waals surface area contributed by atoms with Gasteiger partial charge in [0.15, 0.2) is 0 Å². The van der Waals surface area contributed by atoms with E-state index in [9.17, 15) is 21.6 Å². The molecule has 1 N–H and O–H groups in total. The first-order valence-electron chi connectivity index (χ1n) is 10.2. The van der Waals surface area contributed by atoms with Gasteiger partial charge in [0.25, 0.3) is 0 Å². The summed E-state index contributed by atoms with van der Waals surface area (Å²) in [6.45, 7) is 1.19. The van der Waals surface area contributed by atoms with E-state index < -0.39 is 26.0 Å². The summed E-state index contributed by atoms with van der Waals surface area (Å²) in [6, 6.07) is 12.9. The second kappa shape index (κ2) is 10.9. The number of nitrogens with one attached hydrogen (secondary N) is 1. The molecule has 180 valence electrons. The van der Waals surface area contributed by atoms with Crippen molar-refractivity contribution in [3.05, 3.63) is 64.7 Å². The molecule has 0 unspecified atom stereocenters. The molecular formula is C21H26ClN3O6S2. The minimum atomic E-state index is -3.62. The van der Waals surface area contributed by atoms with E-state index in [0.29, 0.717) is 42.5 Å². The van der Waals surface area contributed by atoms with E-state index in [1.807, 2.05) is 0 Å². The van der Waals surface area contributed by atoms with E-state index in [4.69, 9.17) is 16.3 Å². The maximum Gasteiger partial charge on any atom is 0.243 e. The molecule has 1 amide bonds. The number of sulfonamides is 2. The number of ether oxygens (including phenoxy) is 1. The zero-order valence-electron chi connectivity index (χ0n) is 18.1. The minimum Gasteiger partial charge on any atom is -0.379 e. The zero-order chi connectivity index (χ0) is 24.1. The number of carbonyl (C=O) groups is 1. The fraction of sp³-hybridized carbons (Fsp3) is 0.381. The molecule has 0 aliphatic carbocycles. The van der Waals surface area contributed by atoms with Crippen molar-refractivity contribution < 1.29 is 26.4 Å². The number of benzene rings is 2. The van der Waals surface area contributed by atoms with E-state index in [1.165, 1.54) is 16.4 Å². The van der Waals surface area contributed by atoms with Crippen molar-refractivity contribution in [1.82, 2.24) is 13.9 Å². The molecule has 1 aliphatic heterocycles. The summed E-state index contributed by atoms with van der Waals surface area (Å²) < 4.78 is 57.3. The second-order valence-electron chi connectivity index (χ2n) is 7.59. The van der Waals surface area contributed by atoms with E-state index in [0.717, 1.165) is 10.6 Å². The fourth-order valence-corrected chi connectivity index (χ4v) is 5.49. The van der Waals surface area contributed by atoms with Crippen LogP contribution in [0.4, 0.5) is 0 Å². The van der Waals surface area contributed by atoms with E-state index in [1.54, 1.807) is 36.4 Å². The van der Waals surface area contributed by atoms with Crippen molar-refractivity contribution in [1.29, 1.82) is 0 Å². The lowest BCUT2D eigenvalue weighted by atomic mass is 10.2. The molecule has 0 bridgehead atoms. The number of hydrogen-bond acceptors (Lipinski definition) is 6. The SMILES string of the molecule is CS(=O)(=O)N(CC(=O)NCc1ccc(S(=O)(=O)N2CCOCC2)cc1)Cc1ccc(Cl)cc1. The van der Waals surface area contributed by atoms with Crippen molar-refractivity contribution in [3.63, 3.8) is 0 Å². The molecule has 3 rings (SSSR count). The molecule has 1 fully saturated rings. The third-order valence-electron chi connectivity index (χ3n) is 5.08. The lowest BCUT2D eigenvalue weighted by molar-refractivity contribution is -0.121. The Balaban J connectivity index is 1.58. The number of nitrogens with zero attached hydrogens (tertiary/aromatic N) is 2. The molecule has 0 spiro atoms. The van der Waals surface area contributed by atoms with E-state index in [-0.39, 0.29) is 24.5 Å². The normalized spacial score (nSPS) is 15.5. The van der Waals surface area contributed by atoms with Gasteiger partial charge in [-0.15, -0.1) is 0 Å². The molecule has 2 aromatic carbocycles. The molecular weight excluding hydrogens is 490 g/mol. The zero-order valence-corrected chi connectivity index (χ0v) is 20.5. The van der Waals surface area contributed by atoms with Crippen LogP contribution in [0.3, 0.4) is 0 Å². The van der Waals surface area contributed by atoms with Gasteiger partial charge < -0.3 is 10.1 Å². The van der Waals surface area contributed by atoms with Gasteiger partial charge in [-0.05, 0) is 35.4 Å². The average molecular weight is 516 g/mol. The van der Waals surface area contributed by atoms with Gasteiger partial charge in [0.1, 0.15) is 0 Å². The quantitative estimate of drug-likeness (QED) is 0.540. The minimum absolute atomic E-state index is 0.0392. The molecule has 9 nitrogen and oxygen atoms in total. The average Bonchev–Trinajstić information content (AvgIpc) is 2.79. The summed E-state index contributed by atoms with van der Waals surface area (Å²) in [6.07, 6.45) is 1.05. The van der Waals surface area contributed by atoms with Crippen molar-refractivity contribution >= 4 is 37.6 Å². The third kappa shape index (κ3) is 7.23. The Kier molecular flexibility index (Phi) is 8.48. The number of carbonyl (C=O) groups excluding carboxylic acids is 1. The number of hydrogen-bond donors (Lipinski definition) is 1. The fourth-order valence-electron chi connectivity index (χ4n) is 3.22. The number of amides is 1. The van der Waals surface area contributed by atoms with Crippen LogP contribution in [0.15, 0.2) is 53.4 Å². The second-order valence-corrected chi connectivity index (χ2v) is 12.0. The Hall–Kier alpha value is -2.02. The Morgan fingerprint density at radius 2 is 1.58 bits per heavy atom. The van der Waals surface area contributed by atoms with Crippen molar-refractivity contribution in [2.45, 2.75) is 18.0 Å². The lowest BCUT2D eigenvalue weighted by Gasteiger charge is -2.26. The predicted molar refractivity (Wildman–Crippen MR) is 125 cm³/mol. The Morgan fingerprint density at radius 1 is 1.00 bits per heavy atom. The van der Waals surface area contributed by atoms with E-state index >= 15 is 0 Å². The van der Waals surface area contributed by atoms with Crippen molar-refractivity contribution in [3.8, 4) is 0 Å². The number of morpholine rings is 1. The highest BCUT2D eigenvalue weighted by Gasteiger charge is 2.26. The highest BCUT2D eigenvalue weighted by atomic mass is 35.5. The van der Waals surface area contributed by atoms with Gasteiger partial charge in [0, 0.05) is 31.2 Å². The summed E-state index contributed by atoms with van der Waals surface area (Å²) in [5.74, 6) is -0.473. The highest BCUT2D eigenvalue weighted by Crippen LogP contribution is 2.18. The molecule has 33 heavy (non-hydrogen) atoms. The highest BCUT2D eigenvalue weighted by molar-refractivity contribution is 7.89. The lowest BCUT2D eigenvalue weighted by Crippen LogP contribution is -2.40. The van der Waals surface area contributed by atoms with Gasteiger partial charge in [0.05, 0.1) is 30.9 Å². The Bertz CT molecular complexity index is 1160. The van der Waals surface area contributed by atoms with Gasteiger partial charge in [-0.25, -0.2) is 16.8 Å². The first-order chi connectivity index (χ1) is 15.6. The topological polar surface area (TPSA) is 113 Å². The molecule has 12 heteroatoms. The summed E-state index contributed by atoms with van der Waals surface area (Å²) in [4.78, 5) is 12.6. The molecule has 0 radical (unpaired) electrons. The summed E-state index contributed by atoms with van der Waals surface area (Å²) in [5.41, 5.74) is 1.39.